The molecule has 1 aromatic carbocycles. The molecule has 6 nitrogen and oxygen atoms in total. The summed E-state index contributed by atoms with van der Waals surface area (Å²) in [5, 5.41) is 6.00. The molecule has 0 aliphatic heterocycles. The van der Waals surface area contributed by atoms with Gasteiger partial charge in [0.1, 0.15) is 11.5 Å². The lowest BCUT2D eigenvalue weighted by molar-refractivity contribution is 0.0949. The smallest absolute Gasteiger partial charge is 0.269 e. The molecule has 2 heterocycles. The number of benzene rings is 1. The number of fused-ring (bicyclic) bond motifs is 1. The number of carbonyl (C=O) groups is 1. The molecule has 2 aromatic heterocycles. The van der Waals surface area contributed by atoms with Crippen molar-refractivity contribution in [2.45, 2.75) is 13.3 Å². The third-order valence-electron chi connectivity index (χ3n) is 3.54. The standard InChI is InChI=1S/C17H19N5O/c1-3-11-18-16(23)13-8-6-10-15(19-13)21-17-20-12-7-4-5-9-14(12)22(17)2/h4-10H,3,11H2,1-2H3,(H,18,23)(H,19,20,21). The Morgan fingerprint density at radius 1 is 1.13 bits per heavy atom. The molecule has 2 N–H and O–H groups in total. The first-order valence-electron chi connectivity index (χ1n) is 7.63. The lowest BCUT2D eigenvalue weighted by Crippen LogP contribution is -2.25. The maximum absolute atomic E-state index is 12.0. The second kappa shape index (κ2) is 6.48. The van der Waals surface area contributed by atoms with Gasteiger partial charge in [-0.05, 0) is 30.7 Å². The fourth-order valence-electron chi connectivity index (χ4n) is 2.33. The first-order valence-corrected chi connectivity index (χ1v) is 7.63. The number of carbonyl (C=O) groups excluding carboxylic acids is 1. The molecule has 118 valence electrons. The van der Waals surface area contributed by atoms with E-state index in [-0.39, 0.29) is 5.91 Å². The highest BCUT2D eigenvalue weighted by Crippen LogP contribution is 2.20. The molecule has 3 aromatic rings. The Kier molecular flexibility index (Phi) is 4.23. The number of hydrogen-bond donors (Lipinski definition) is 2. The fourth-order valence-corrected chi connectivity index (χ4v) is 2.33. The summed E-state index contributed by atoms with van der Waals surface area (Å²) in [5.74, 6) is 1.11. The molecule has 0 atom stereocenters. The van der Waals surface area contributed by atoms with Crippen molar-refractivity contribution >= 4 is 28.7 Å². The molecule has 0 aliphatic carbocycles. The highest BCUT2D eigenvalue weighted by Gasteiger charge is 2.10. The average molecular weight is 309 g/mol. The molecule has 0 unspecified atom stereocenters. The summed E-state index contributed by atoms with van der Waals surface area (Å²) in [7, 11) is 1.94. The van der Waals surface area contributed by atoms with E-state index in [9.17, 15) is 4.79 Å². The summed E-state index contributed by atoms with van der Waals surface area (Å²) in [5.41, 5.74) is 2.34. The van der Waals surface area contributed by atoms with E-state index in [1.165, 1.54) is 0 Å². The molecule has 0 bridgehead atoms. The van der Waals surface area contributed by atoms with Crippen molar-refractivity contribution in [3.8, 4) is 0 Å². The van der Waals surface area contributed by atoms with E-state index < -0.39 is 0 Å². The van der Waals surface area contributed by atoms with Crippen LogP contribution in [-0.4, -0.2) is 27.0 Å². The minimum atomic E-state index is -0.166. The number of aromatic nitrogens is 3. The van der Waals surface area contributed by atoms with Crippen molar-refractivity contribution in [3.63, 3.8) is 0 Å². The predicted octanol–water partition coefficient (Wildman–Crippen LogP) is 2.85. The summed E-state index contributed by atoms with van der Waals surface area (Å²) in [6.07, 6.45) is 0.892. The van der Waals surface area contributed by atoms with Crippen LogP contribution in [0.5, 0.6) is 0 Å². The van der Waals surface area contributed by atoms with E-state index >= 15 is 0 Å². The van der Waals surface area contributed by atoms with Gasteiger partial charge in [-0.15, -0.1) is 0 Å². The van der Waals surface area contributed by atoms with Gasteiger partial charge in [0.05, 0.1) is 11.0 Å². The first-order chi connectivity index (χ1) is 11.2. The van der Waals surface area contributed by atoms with Crippen LogP contribution < -0.4 is 10.6 Å². The van der Waals surface area contributed by atoms with Crippen molar-refractivity contribution in [1.29, 1.82) is 0 Å². The second-order valence-corrected chi connectivity index (χ2v) is 5.27. The van der Waals surface area contributed by atoms with Crippen molar-refractivity contribution in [3.05, 3.63) is 48.2 Å². The number of imidazole rings is 1. The highest BCUT2D eigenvalue weighted by molar-refractivity contribution is 5.92. The third kappa shape index (κ3) is 3.15. The minimum absolute atomic E-state index is 0.166. The van der Waals surface area contributed by atoms with Crippen LogP contribution in [0.4, 0.5) is 11.8 Å². The van der Waals surface area contributed by atoms with E-state index in [0.717, 1.165) is 17.5 Å². The van der Waals surface area contributed by atoms with Crippen LogP contribution in [0, 0.1) is 0 Å². The van der Waals surface area contributed by atoms with Gasteiger partial charge < -0.3 is 15.2 Å². The summed E-state index contributed by atoms with van der Waals surface area (Å²) < 4.78 is 1.96. The van der Waals surface area contributed by atoms with Gasteiger partial charge in [-0.2, -0.15) is 0 Å². The SMILES string of the molecule is CCCNC(=O)c1cccc(Nc2nc3ccccc3n2C)n1. The quantitative estimate of drug-likeness (QED) is 0.760. The summed E-state index contributed by atoms with van der Waals surface area (Å²) >= 11 is 0. The Morgan fingerprint density at radius 3 is 2.74 bits per heavy atom. The maximum atomic E-state index is 12.0. The van der Waals surface area contributed by atoms with Crippen LogP contribution in [0.15, 0.2) is 42.5 Å². The molecule has 23 heavy (non-hydrogen) atoms. The number of nitrogens with zero attached hydrogens (tertiary/aromatic N) is 3. The Balaban J connectivity index is 1.84. The summed E-state index contributed by atoms with van der Waals surface area (Å²) in [6.45, 7) is 2.65. The van der Waals surface area contributed by atoms with Gasteiger partial charge in [0.15, 0.2) is 0 Å². The molecule has 0 spiro atoms. The molecular formula is C17H19N5O. The number of amides is 1. The lowest BCUT2D eigenvalue weighted by atomic mass is 10.3. The highest BCUT2D eigenvalue weighted by atomic mass is 16.1. The van der Waals surface area contributed by atoms with E-state index in [2.05, 4.69) is 20.6 Å². The molecule has 0 saturated heterocycles. The number of aryl methyl sites for hydroxylation is 1. The van der Waals surface area contributed by atoms with Crippen LogP contribution in [-0.2, 0) is 7.05 Å². The van der Waals surface area contributed by atoms with Gasteiger partial charge >= 0.3 is 0 Å². The predicted molar refractivity (Wildman–Crippen MR) is 90.9 cm³/mol. The number of hydrogen-bond acceptors (Lipinski definition) is 4. The summed E-state index contributed by atoms with van der Waals surface area (Å²) in [4.78, 5) is 20.9. The van der Waals surface area contributed by atoms with Gasteiger partial charge in [0.2, 0.25) is 5.95 Å². The normalized spacial score (nSPS) is 10.7. The van der Waals surface area contributed by atoms with Gasteiger partial charge in [-0.1, -0.05) is 25.1 Å². The molecule has 1 amide bonds. The molecule has 0 fully saturated rings. The van der Waals surface area contributed by atoms with Crippen molar-refractivity contribution < 1.29 is 4.79 Å². The number of pyridine rings is 1. The second-order valence-electron chi connectivity index (χ2n) is 5.27. The molecule has 6 heteroatoms. The molecule has 3 rings (SSSR count). The van der Waals surface area contributed by atoms with Crippen molar-refractivity contribution in [2.75, 3.05) is 11.9 Å². The van der Waals surface area contributed by atoms with Crippen LogP contribution in [0.25, 0.3) is 11.0 Å². The van der Waals surface area contributed by atoms with E-state index in [1.54, 1.807) is 12.1 Å². The summed E-state index contributed by atoms with van der Waals surface area (Å²) in [6, 6.07) is 13.2. The number of nitrogens with one attached hydrogen (secondary N) is 2. The maximum Gasteiger partial charge on any atom is 0.269 e. The molecule has 0 radical (unpaired) electrons. The van der Waals surface area contributed by atoms with Crippen LogP contribution >= 0.6 is 0 Å². The fraction of sp³-hybridized carbons (Fsp3) is 0.235. The van der Waals surface area contributed by atoms with Crippen LogP contribution in [0.1, 0.15) is 23.8 Å². The third-order valence-corrected chi connectivity index (χ3v) is 3.54. The zero-order valence-corrected chi connectivity index (χ0v) is 13.2. The van der Waals surface area contributed by atoms with Crippen molar-refractivity contribution in [1.82, 2.24) is 19.9 Å². The van der Waals surface area contributed by atoms with Crippen LogP contribution in [0.3, 0.4) is 0 Å². The van der Waals surface area contributed by atoms with E-state index in [1.807, 2.05) is 48.9 Å². The number of rotatable bonds is 5. The molecule has 0 saturated carbocycles. The van der Waals surface area contributed by atoms with E-state index in [0.29, 0.717) is 24.0 Å². The van der Waals surface area contributed by atoms with Gasteiger partial charge in [0.25, 0.3) is 5.91 Å². The Bertz CT molecular complexity index is 840. The van der Waals surface area contributed by atoms with Gasteiger partial charge in [0, 0.05) is 13.6 Å². The van der Waals surface area contributed by atoms with Gasteiger partial charge in [-0.3, -0.25) is 4.79 Å². The largest absolute Gasteiger partial charge is 0.351 e. The first kappa shape index (κ1) is 15.0. The Hall–Kier alpha value is -2.89. The average Bonchev–Trinajstić information content (AvgIpc) is 2.89. The number of para-hydroxylation sites is 2. The molecular weight excluding hydrogens is 290 g/mol. The van der Waals surface area contributed by atoms with Crippen LogP contribution in [0.2, 0.25) is 0 Å². The molecule has 0 aliphatic rings. The monoisotopic (exact) mass is 309 g/mol. The number of anilines is 2. The van der Waals surface area contributed by atoms with E-state index in [4.69, 9.17) is 0 Å². The Morgan fingerprint density at radius 2 is 1.96 bits per heavy atom. The zero-order valence-electron chi connectivity index (χ0n) is 13.2. The minimum Gasteiger partial charge on any atom is -0.351 e. The Labute approximate surface area is 134 Å². The topological polar surface area (TPSA) is 71.8 Å². The lowest BCUT2D eigenvalue weighted by Gasteiger charge is -2.07. The zero-order chi connectivity index (χ0) is 16.2. The van der Waals surface area contributed by atoms with Crippen molar-refractivity contribution in [2.24, 2.45) is 7.05 Å². The van der Waals surface area contributed by atoms with Gasteiger partial charge in [-0.25, -0.2) is 9.97 Å².